The molecule has 2 N–H and O–H groups in total. The maximum atomic E-state index is 12.7. The molecule has 0 aliphatic carbocycles. The van der Waals surface area contributed by atoms with Crippen molar-refractivity contribution in [1.82, 2.24) is 9.62 Å². The van der Waals surface area contributed by atoms with Crippen molar-refractivity contribution >= 4 is 21.9 Å². The van der Waals surface area contributed by atoms with E-state index in [-0.39, 0.29) is 17.9 Å². The van der Waals surface area contributed by atoms with Crippen LogP contribution < -0.4 is 5.32 Å². The Bertz CT molecular complexity index is 748. The first-order valence-corrected chi connectivity index (χ1v) is 9.99. The first kappa shape index (κ1) is 20.1. The van der Waals surface area contributed by atoms with E-state index in [1.807, 2.05) is 0 Å². The second-order valence-corrected chi connectivity index (χ2v) is 8.22. The highest BCUT2D eigenvalue weighted by molar-refractivity contribution is 7.89. The molecule has 1 aromatic rings. The van der Waals surface area contributed by atoms with E-state index < -0.39 is 33.9 Å². The van der Waals surface area contributed by atoms with E-state index in [4.69, 9.17) is 0 Å². The van der Waals surface area contributed by atoms with Crippen molar-refractivity contribution in [3.05, 3.63) is 43.0 Å². The third-order valence-electron chi connectivity index (χ3n) is 4.41. The van der Waals surface area contributed by atoms with Gasteiger partial charge in [0.15, 0.2) is 0 Å². The number of piperidine rings is 1. The van der Waals surface area contributed by atoms with Gasteiger partial charge in [-0.25, -0.2) is 13.2 Å². The number of amides is 1. The van der Waals surface area contributed by atoms with Gasteiger partial charge in [0, 0.05) is 13.1 Å². The number of carboxylic acid groups (broad SMARTS) is 1. The highest BCUT2D eigenvalue weighted by Crippen LogP contribution is 2.24. The smallest absolute Gasteiger partial charge is 0.326 e. The fourth-order valence-corrected chi connectivity index (χ4v) is 4.49. The lowest BCUT2D eigenvalue weighted by molar-refractivity contribution is -0.142. The zero-order chi connectivity index (χ0) is 19.2. The molecule has 0 saturated carbocycles. The van der Waals surface area contributed by atoms with Crippen molar-refractivity contribution < 1.29 is 23.1 Å². The molecule has 26 heavy (non-hydrogen) atoms. The first-order valence-electron chi connectivity index (χ1n) is 8.55. The van der Waals surface area contributed by atoms with Crippen LogP contribution in [0.3, 0.4) is 0 Å². The predicted octanol–water partition coefficient (Wildman–Crippen LogP) is 1.62. The summed E-state index contributed by atoms with van der Waals surface area (Å²) in [7, 11) is -3.66. The van der Waals surface area contributed by atoms with Crippen LogP contribution in [0.2, 0.25) is 0 Å². The molecule has 1 aliphatic rings. The van der Waals surface area contributed by atoms with Crippen LogP contribution in [-0.2, 0) is 19.6 Å². The molecule has 8 heteroatoms. The quantitative estimate of drug-likeness (QED) is 0.667. The molecule has 7 nitrogen and oxygen atoms in total. The third kappa shape index (κ3) is 4.92. The van der Waals surface area contributed by atoms with Crippen LogP contribution in [0.5, 0.6) is 0 Å². The van der Waals surface area contributed by atoms with E-state index in [0.717, 1.165) is 0 Å². The lowest BCUT2D eigenvalue weighted by Crippen LogP contribution is -2.49. The molecule has 142 valence electrons. The van der Waals surface area contributed by atoms with E-state index in [1.165, 1.54) is 16.4 Å². The van der Waals surface area contributed by atoms with E-state index >= 15 is 0 Å². The Labute approximate surface area is 153 Å². The maximum absolute atomic E-state index is 12.7. The Kier molecular flexibility index (Phi) is 6.93. The van der Waals surface area contributed by atoms with Crippen molar-refractivity contribution in [2.45, 2.75) is 36.6 Å². The van der Waals surface area contributed by atoms with Crippen LogP contribution in [0.1, 0.15) is 25.7 Å². The molecule has 1 heterocycles. The van der Waals surface area contributed by atoms with Gasteiger partial charge in [0.05, 0.1) is 10.8 Å². The summed E-state index contributed by atoms with van der Waals surface area (Å²) < 4.78 is 26.7. The number of sulfonamides is 1. The highest BCUT2D eigenvalue weighted by Gasteiger charge is 2.34. The van der Waals surface area contributed by atoms with Crippen LogP contribution in [0, 0.1) is 5.92 Å². The number of aliphatic carboxylic acids is 1. The normalized spacial score (nSPS) is 19.5. The van der Waals surface area contributed by atoms with Gasteiger partial charge in [0.2, 0.25) is 15.9 Å². The first-order chi connectivity index (χ1) is 12.4. The Hall–Kier alpha value is -2.19. The molecule has 1 aliphatic heterocycles. The van der Waals surface area contributed by atoms with Crippen molar-refractivity contribution in [2.75, 3.05) is 13.1 Å². The fraction of sp³-hybridized carbons (Fsp3) is 0.444. The van der Waals surface area contributed by atoms with Gasteiger partial charge in [0.1, 0.15) is 6.04 Å². The summed E-state index contributed by atoms with van der Waals surface area (Å²) >= 11 is 0. The van der Waals surface area contributed by atoms with Gasteiger partial charge >= 0.3 is 5.97 Å². The van der Waals surface area contributed by atoms with E-state index in [2.05, 4.69) is 11.9 Å². The number of nitrogens with zero attached hydrogens (tertiary/aromatic N) is 1. The van der Waals surface area contributed by atoms with Crippen LogP contribution in [0.25, 0.3) is 0 Å². The average molecular weight is 380 g/mol. The standard InChI is InChI=1S/C18H24N2O5S/c1-2-3-11-16(18(22)23)19-17(21)14-8-7-12-20(13-14)26(24,25)15-9-5-4-6-10-15/h2,4-6,9-10,14,16H,1,3,7-8,11-13H2,(H,19,21)(H,22,23). The van der Waals surface area contributed by atoms with Crippen LogP contribution in [0.15, 0.2) is 47.9 Å². The molecule has 2 atom stereocenters. The SMILES string of the molecule is C=CCCC(NC(=O)C1CCCN(S(=O)(=O)c2ccccc2)C1)C(=O)O. The summed E-state index contributed by atoms with van der Waals surface area (Å²) in [6.45, 7) is 3.95. The highest BCUT2D eigenvalue weighted by atomic mass is 32.2. The molecule has 1 aromatic carbocycles. The van der Waals surface area contributed by atoms with Gasteiger partial charge in [-0.2, -0.15) is 4.31 Å². The minimum Gasteiger partial charge on any atom is -0.480 e. The van der Waals surface area contributed by atoms with Crippen LogP contribution in [-0.4, -0.2) is 48.8 Å². The van der Waals surface area contributed by atoms with E-state index in [9.17, 15) is 23.1 Å². The fourth-order valence-electron chi connectivity index (χ4n) is 2.95. The molecule has 0 aromatic heterocycles. The number of hydrogen-bond donors (Lipinski definition) is 2. The van der Waals surface area contributed by atoms with Crippen molar-refractivity contribution in [3.63, 3.8) is 0 Å². The molecule has 1 saturated heterocycles. The molecule has 1 amide bonds. The summed E-state index contributed by atoms with van der Waals surface area (Å²) in [5, 5.41) is 11.7. The molecule has 0 bridgehead atoms. The van der Waals surface area contributed by atoms with Crippen LogP contribution >= 0.6 is 0 Å². The van der Waals surface area contributed by atoms with Crippen molar-refractivity contribution in [1.29, 1.82) is 0 Å². The third-order valence-corrected chi connectivity index (χ3v) is 6.29. The molecule has 1 fully saturated rings. The predicted molar refractivity (Wildman–Crippen MR) is 96.9 cm³/mol. The summed E-state index contributed by atoms with van der Waals surface area (Å²) in [5.41, 5.74) is 0. The molecule has 2 rings (SSSR count). The number of benzene rings is 1. The Balaban J connectivity index is 2.06. The summed E-state index contributed by atoms with van der Waals surface area (Å²) in [6.07, 6.45) is 3.39. The lowest BCUT2D eigenvalue weighted by Gasteiger charge is -2.31. The second kappa shape index (κ2) is 8.95. The number of allylic oxidation sites excluding steroid dienone is 1. The molecule has 0 radical (unpaired) electrons. The largest absolute Gasteiger partial charge is 0.480 e. The van der Waals surface area contributed by atoms with Gasteiger partial charge in [0.25, 0.3) is 0 Å². The van der Waals surface area contributed by atoms with Gasteiger partial charge in [-0.3, -0.25) is 4.79 Å². The number of nitrogens with one attached hydrogen (secondary N) is 1. The van der Waals surface area contributed by atoms with E-state index in [0.29, 0.717) is 25.8 Å². The minimum absolute atomic E-state index is 0.0524. The van der Waals surface area contributed by atoms with Gasteiger partial charge in [-0.1, -0.05) is 24.3 Å². The topological polar surface area (TPSA) is 104 Å². The summed E-state index contributed by atoms with van der Waals surface area (Å²) in [5.74, 6) is -2.09. The van der Waals surface area contributed by atoms with Crippen LogP contribution in [0.4, 0.5) is 0 Å². The number of carbonyl (C=O) groups is 2. The molecule has 2 unspecified atom stereocenters. The summed E-state index contributed by atoms with van der Waals surface area (Å²) in [4.78, 5) is 23.9. The zero-order valence-electron chi connectivity index (χ0n) is 14.5. The number of carbonyl (C=O) groups excluding carboxylic acids is 1. The Morgan fingerprint density at radius 2 is 2.04 bits per heavy atom. The summed E-state index contributed by atoms with van der Waals surface area (Å²) in [6, 6.07) is 7.09. The average Bonchev–Trinajstić information content (AvgIpc) is 2.65. The van der Waals surface area contributed by atoms with Crippen molar-refractivity contribution in [2.24, 2.45) is 5.92 Å². The Morgan fingerprint density at radius 1 is 1.35 bits per heavy atom. The van der Waals surface area contributed by atoms with E-state index in [1.54, 1.807) is 24.3 Å². The van der Waals surface area contributed by atoms with Gasteiger partial charge in [-0.15, -0.1) is 6.58 Å². The number of rotatable bonds is 8. The minimum atomic E-state index is -3.66. The van der Waals surface area contributed by atoms with Crippen molar-refractivity contribution in [3.8, 4) is 0 Å². The van der Waals surface area contributed by atoms with Gasteiger partial charge < -0.3 is 10.4 Å². The number of hydrogen-bond acceptors (Lipinski definition) is 4. The molecule has 0 spiro atoms. The number of carboxylic acids is 1. The lowest BCUT2D eigenvalue weighted by atomic mass is 9.98. The monoisotopic (exact) mass is 380 g/mol. The van der Waals surface area contributed by atoms with Gasteiger partial charge in [-0.05, 0) is 37.8 Å². The maximum Gasteiger partial charge on any atom is 0.326 e. The Morgan fingerprint density at radius 3 is 2.65 bits per heavy atom. The zero-order valence-corrected chi connectivity index (χ0v) is 15.3. The second-order valence-electron chi connectivity index (χ2n) is 6.28. The molecular weight excluding hydrogens is 356 g/mol. The molecular formula is C18H24N2O5S.